The van der Waals surface area contributed by atoms with Gasteiger partial charge in [-0.05, 0) is 6.07 Å². The fourth-order valence-corrected chi connectivity index (χ4v) is 1.32. The zero-order valence-corrected chi connectivity index (χ0v) is 9.38. The fraction of sp³-hybridized carbons (Fsp3) is 0.200. The Morgan fingerprint density at radius 3 is 2.11 bits per heavy atom. The lowest BCUT2D eigenvalue weighted by molar-refractivity contribution is -0.121. The lowest BCUT2D eigenvalue weighted by Gasteiger charge is -2.18. The molecule has 1 aromatic rings. The lowest BCUT2D eigenvalue weighted by atomic mass is 10.3. The molecule has 5 N–H and O–H groups in total. The summed E-state index contributed by atoms with van der Waals surface area (Å²) in [5.41, 5.74) is 9.39. The van der Waals surface area contributed by atoms with E-state index in [1.165, 1.54) is 18.2 Å². The smallest absolute Gasteiger partial charge is 0.271 e. The Kier molecular flexibility index (Phi) is 4.19. The molecule has 0 aliphatic carbocycles. The molecule has 0 radical (unpaired) electrons. The van der Waals surface area contributed by atoms with Crippen LogP contribution in [0.1, 0.15) is 10.5 Å². The van der Waals surface area contributed by atoms with Crippen molar-refractivity contribution in [2.45, 2.75) is 0 Å². The molecule has 1 aromatic heterocycles. The van der Waals surface area contributed by atoms with Gasteiger partial charge in [-0.1, -0.05) is 6.07 Å². The van der Waals surface area contributed by atoms with Crippen LogP contribution in [0.3, 0.4) is 0 Å². The Balaban J connectivity index is 2.97. The van der Waals surface area contributed by atoms with Gasteiger partial charge >= 0.3 is 0 Å². The zero-order valence-electron chi connectivity index (χ0n) is 9.38. The largest absolute Gasteiger partial charge is 0.368 e. The van der Waals surface area contributed by atoms with Crippen molar-refractivity contribution in [1.29, 1.82) is 0 Å². The number of nitrogens with zero attached hydrogens (tertiary/aromatic N) is 1. The van der Waals surface area contributed by atoms with Gasteiger partial charge in [-0.25, -0.2) is 0 Å². The summed E-state index contributed by atoms with van der Waals surface area (Å²) in [6.07, 6.45) is 0. The van der Waals surface area contributed by atoms with Gasteiger partial charge in [0.2, 0.25) is 17.4 Å². The van der Waals surface area contributed by atoms with E-state index >= 15 is 0 Å². The Bertz CT molecular complexity index is 521. The summed E-state index contributed by atoms with van der Waals surface area (Å²) in [6.45, 7) is -0.919. The maximum atomic E-state index is 11.9. The summed E-state index contributed by atoms with van der Waals surface area (Å²) >= 11 is 0. The van der Waals surface area contributed by atoms with Crippen molar-refractivity contribution >= 4 is 17.7 Å². The van der Waals surface area contributed by atoms with E-state index < -0.39 is 36.4 Å². The number of hydrogen-bond acceptors (Lipinski definition) is 4. The Morgan fingerprint density at radius 1 is 1.11 bits per heavy atom. The third-order valence-corrected chi connectivity index (χ3v) is 1.98. The van der Waals surface area contributed by atoms with Crippen LogP contribution in [0, 0.1) is 0 Å². The van der Waals surface area contributed by atoms with Crippen LogP contribution in [0.4, 0.5) is 0 Å². The van der Waals surface area contributed by atoms with Crippen LogP contribution in [0.5, 0.6) is 0 Å². The predicted octanol–water partition coefficient (Wildman–Crippen LogP) is -2.21. The standard InChI is InChI=1S/C10H12N4O4/c11-7(15)4-14(5-8(12)16)10(18)6-2-1-3-9(17)13-6/h1-3H,4-5H2,(H2,11,15)(H2,12,16)(H,13,17). The molecule has 1 heterocycles. The summed E-state index contributed by atoms with van der Waals surface area (Å²) in [5.74, 6) is -2.28. The van der Waals surface area contributed by atoms with Gasteiger partial charge in [-0.2, -0.15) is 0 Å². The first-order valence-corrected chi connectivity index (χ1v) is 4.95. The molecular weight excluding hydrogens is 240 g/mol. The summed E-state index contributed by atoms with van der Waals surface area (Å²) < 4.78 is 0. The summed E-state index contributed by atoms with van der Waals surface area (Å²) in [6, 6.07) is 3.95. The second kappa shape index (κ2) is 5.62. The highest BCUT2D eigenvalue weighted by Crippen LogP contribution is 1.99. The second-order valence-corrected chi connectivity index (χ2v) is 3.52. The predicted molar refractivity (Wildman–Crippen MR) is 61.4 cm³/mol. The molecule has 18 heavy (non-hydrogen) atoms. The van der Waals surface area contributed by atoms with Crippen LogP contribution in [-0.2, 0) is 9.59 Å². The number of H-pyrrole nitrogens is 1. The summed E-state index contributed by atoms with van der Waals surface area (Å²) in [5, 5.41) is 0. The zero-order chi connectivity index (χ0) is 13.7. The molecule has 96 valence electrons. The van der Waals surface area contributed by atoms with Gasteiger partial charge in [0.25, 0.3) is 5.91 Å². The molecule has 1 rings (SSSR count). The first kappa shape index (κ1) is 13.4. The number of aromatic amines is 1. The molecule has 0 bridgehead atoms. The number of amides is 3. The Morgan fingerprint density at radius 2 is 1.67 bits per heavy atom. The van der Waals surface area contributed by atoms with Gasteiger partial charge in [0.1, 0.15) is 18.8 Å². The van der Waals surface area contributed by atoms with Crippen molar-refractivity contribution in [3.05, 3.63) is 34.2 Å². The second-order valence-electron chi connectivity index (χ2n) is 3.52. The van der Waals surface area contributed by atoms with E-state index in [0.717, 1.165) is 4.90 Å². The van der Waals surface area contributed by atoms with Crippen molar-refractivity contribution in [2.24, 2.45) is 11.5 Å². The van der Waals surface area contributed by atoms with E-state index in [4.69, 9.17) is 11.5 Å². The van der Waals surface area contributed by atoms with Crippen molar-refractivity contribution in [2.75, 3.05) is 13.1 Å². The molecule has 8 nitrogen and oxygen atoms in total. The third kappa shape index (κ3) is 3.74. The third-order valence-electron chi connectivity index (χ3n) is 1.98. The van der Waals surface area contributed by atoms with Gasteiger partial charge < -0.3 is 21.4 Å². The SMILES string of the molecule is NC(=O)CN(CC(N)=O)C(=O)c1cccc(=O)[nH]1. The molecule has 0 spiro atoms. The van der Waals surface area contributed by atoms with Crippen LogP contribution in [-0.4, -0.2) is 40.7 Å². The molecule has 0 aliphatic rings. The van der Waals surface area contributed by atoms with Gasteiger partial charge in [0.05, 0.1) is 0 Å². The number of nitrogens with two attached hydrogens (primary N) is 2. The fourth-order valence-electron chi connectivity index (χ4n) is 1.32. The quantitative estimate of drug-likeness (QED) is 0.546. The van der Waals surface area contributed by atoms with Crippen molar-refractivity contribution in [1.82, 2.24) is 9.88 Å². The van der Waals surface area contributed by atoms with Crippen LogP contribution >= 0.6 is 0 Å². The minimum Gasteiger partial charge on any atom is -0.368 e. The van der Waals surface area contributed by atoms with Crippen LogP contribution in [0.25, 0.3) is 0 Å². The van der Waals surface area contributed by atoms with Crippen molar-refractivity contribution in [3.8, 4) is 0 Å². The molecule has 0 aliphatic heterocycles. The molecule has 8 heteroatoms. The van der Waals surface area contributed by atoms with Crippen molar-refractivity contribution < 1.29 is 14.4 Å². The highest BCUT2D eigenvalue weighted by Gasteiger charge is 2.20. The molecule has 3 amide bonds. The van der Waals surface area contributed by atoms with Crippen LogP contribution < -0.4 is 17.0 Å². The number of carbonyl (C=O) groups is 3. The number of aromatic nitrogens is 1. The Labute approximate surface area is 102 Å². The number of rotatable bonds is 5. The monoisotopic (exact) mass is 252 g/mol. The summed E-state index contributed by atoms with van der Waals surface area (Å²) in [7, 11) is 0. The van der Waals surface area contributed by atoms with Gasteiger partial charge in [-0.3, -0.25) is 19.2 Å². The molecule has 0 saturated heterocycles. The van der Waals surface area contributed by atoms with Crippen molar-refractivity contribution in [3.63, 3.8) is 0 Å². The maximum absolute atomic E-state index is 11.9. The number of pyridine rings is 1. The number of carbonyl (C=O) groups excluding carboxylic acids is 3. The molecule has 0 aromatic carbocycles. The minimum atomic E-state index is -0.789. The molecular formula is C10H12N4O4. The number of hydrogen-bond donors (Lipinski definition) is 3. The average molecular weight is 252 g/mol. The molecule has 0 saturated carbocycles. The van der Waals surface area contributed by atoms with E-state index in [2.05, 4.69) is 4.98 Å². The first-order chi connectivity index (χ1) is 8.40. The molecule has 0 atom stereocenters. The number of nitrogens with one attached hydrogen (secondary N) is 1. The van der Waals surface area contributed by atoms with Gasteiger partial charge in [0.15, 0.2) is 0 Å². The number of primary amides is 2. The molecule has 0 unspecified atom stereocenters. The lowest BCUT2D eigenvalue weighted by Crippen LogP contribution is -2.43. The van der Waals surface area contributed by atoms with Gasteiger partial charge in [-0.15, -0.1) is 0 Å². The van der Waals surface area contributed by atoms with E-state index in [-0.39, 0.29) is 5.69 Å². The first-order valence-electron chi connectivity index (χ1n) is 4.95. The maximum Gasteiger partial charge on any atom is 0.271 e. The molecule has 0 fully saturated rings. The van der Waals surface area contributed by atoms with Gasteiger partial charge in [0, 0.05) is 6.07 Å². The topological polar surface area (TPSA) is 139 Å². The minimum absolute atomic E-state index is 0.0509. The highest BCUT2D eigenvalue weighted by atomic mass is 16.2. The van der Waals surface area contributed by atoms with Crippen LogP contribution in [0.2, 0.25) is 0 Å². The highest BCUT2D eigenvalue weighted by molar-refractivity contribution is 5.96. The van der Waals surface area contributed by atoms with E-state index in [1.807, 2.05) is 0 Å². The van der Waals surface area contributed by atoms with Crippen LogP contribution in [0.15, 0.2) is 23.0 Å². The Hall–Kier alpha value is -2.64. The summed E-state index contributed by atoms with van der Waals surface area (Å²) in [4.78, 5) is 47.7. The van der Waals surface area contributed by atoms with E-state index in [9.17, 15) is 19.2 Å². The van der Waals surface area contributed by atoms with E-state index in [1.54, 1.807) is 0 Å². The average Bonchev–Trinajstić information content (AvgIpc) is 2.26. The van der Waals surface area contributed by atoms with E-state index in [0.29, 0.717) is 0 Å². The normalized spacial score (nSPS) is 9.78.